The fourth-order valence-electron chi connectivity index (χ4n) is 5.00. The van der Waals surface area contributed by atoms with Crippen molar-refractivity contribution in [2.75, 3.05) is 39.2 Å². The number of anilines is 1. The molecular weight excluding hydrogens is 687 g/mol. The zero-order valence-electron chi connectivity index (χ0n) is 28.5. The third kappa shape index (κ3) is 8.72. The van der Waals surface area contributed by atoms with Crippen LogP contribution in [0, 0.1) is 0 Å². The van der Waals surface area contributed by atoms with E-state index in [9.17, 15) is 37.1 Å². The van der Waals surface area contributed by atoms with Crippen molar-refractivity contribution in [1.29, 1.82) is 0 Å². The maximum Gasteiger partial charge on any atom is 0.515 e. The highest BCUT2D eigenvalue weighted by molar-refractivity contribution is 6.12. The van der Waals surface area contributed by atoms with Crippen molar-refractivity contribution in [3.63, 3.8) is 0 Å². The minimum absolute atomic E-state index is 0.0829. The molecule has 0 radical (unpaired) electrons. The lowest BCUT2D eigenvalue weighted by molar-refractivity contribution is -0.167. The Morgan fingerprint density at radius 1 is 0.750 bits per heavy atom. The van der Waals surface area contributed by atoms with Gasteiger partial charge in [0.1, 0.15) is 6.61 Å². The standard InChI is InChI=1S/C37H34F3N3O9/c1-5-49-33(46)36(34(47)50-6-2,24-12-8-7-9-13-24)22-51-35(48)52-30-20-28(32(45)43(3)4)29(21-41-30)42-31(44)27-15-11-10-14-26(27)23-16-18-25(19-17-23)37(38,39)40/h7-21H,5-6,22H2,1-4H3,(H,42,44). The van der Waals surface area contributed by atoms with Gasteiger partial charge in [-0.2, -0.15) is 13.2 Å². The largest absolute Gasteiger partial charge is 0.515 e. The van der Waals surface area contributed by atoms with E-state index in [0.717, 1.165) is 24.4 Å². The summed E-state index contributed by atoms with van der Waals surface area (Å²) < 4.78 is 60.2. The van der Waals surface area contributed by atoms with Crippen molar-refractivity contribution in [3.8, 4) is 17.0 Å². The second-order valence-electron chi connectivity index (χ2n) is 11.2. The summed E-state index contributed by atoms with van der Waals surface area (Å²) in [5, 5.41) is 2.60. The number of hydrogen-bond donors (Lipinski definition) is 1. The number of halogens is 3. The summed E-state index contributed by atoms with van der Waals surface area (Å²) in [6, 6.07) is 19.3. The van der Waals surface area contributed by atoms with Crippen LogP contribution in [-0.2, 0) is 35.4 Å². The molecule has 0 bridgehead atoms. The molecule has 0 atom stereocenters. The number of nitrogens with zero attached hydrogens (tertiary/aromatic N) is 2. The molecule has 0 fully saturated rings. The topological polar surface area (TPSA) is 150 Å². The number of amides is 2. The summed E-state index contributed by atoms with van der Waals surface area (Å²) in [6.45, 7) is 2.02. The molecule has 0 saturated carbocycles. The number of pyridine rings is 1. The Kier molecular flexibility index (Phi) is 12.3. The van der Waals surface area contributed by atoms with Crippen LogP contribution in [0.15, 0.2) is 91.1 Å². The summed E-state index contributed by atoms with van der Waals surface area (Å²) in [5.74, 6) is -3.82. The molecule has 4 rings (SSSR count). The average Bonchev–Trinajstić information content (AvgIpc) is 3.12. The Hall–Kier alpha value is -6.25. The average molecular weight is 722 g/mol. The van der Waals surface area contributed by atoms with Gasteiger partial charge in [0.2, 0.25) is 11.3 Å². The van der Waals surface area contributed by atoms with Gasteiger partial charge in [-0.1, -0.05) is 60.7 Å². The van der Waals surface area contributed by atoms with E-state index in [4.69, 9.17) is 18.9 Å². The fraction of sp³-hybridized carbons (Fsp3) is 0.243. The van der Waals surface area contributed by atoms with Gasteiger partial charge in [-0.15, -0.1) is 0 Å². The smallest absolute Gasteiger partial charge is 0.465 e. The van der Waals surface area contributed by atoms with Crippen LogP contribution in [0.1, 0.15) is 45.7 Å². The van der Waals surface area contributed by atoms with Crippen LogP contribution in [-0.4, -0.2) is 73.7 Å². The molecule has 1 N–H and O–H groups in total. The van der Waals surface area contributed by atoms with E-state index in [1.54, 1.807) is 36.4 Å². The molecule has 1 aromatic heterocycles. The zero-order chi connectivity index (χ0) is 38.1. The molecule has 4 aromatic rings. The third-order valence-corrected chi connectivity index (χ3v) is 7.57. The van der Waals surface area contributed by atoms with Gasteiger partial charge in [0.15, 0.2) is 0 Å². The second-order valence-corrected chi connectivity index (χ2v) is 11.2. The molecular formula is C37H34F3N3O9. The van der Waals surface area contributed by atoms with Gasteiger partial charge < -0.3 is 29.2 Å². The highest BCUT2D eigenvalue weighted by Crippen LogP contribution is 2.33. The van der Waals surface area contributed by atoms with Gasteiger partial charge in [-0.25, -0.2) is 9.78 Å². The Morgan fingerprint density at radius 3 is 1.92 bits per heavy atom. The van der Waals surface area contributed by atoms with E-state index in [1.165, 1.54) is 63.2 Å². The number of aromatic nitrogens is 1. The predicted octanol–water partition coefficient (Wildman–Crippen LogP) is 6.30. The number of nitrogens with one attached hydrogen (secondary N) is 1. The Balaban J connectivity index is 1.60. The van der Waals surface area contributed by atoms with Crippen molar-refractivity contribution in [3.05, 3.63) is 113 Å². The number of esters is 2. The first kappa shape index (κ1) is 38.6. The molecule has 0 aliphatic heterocycles. The first-order chi connectivity index (χ1) is 24.7. The van der Waals surface area contributed by atoms with Crippen LogP contribution >= 0.6 is 0 Å². The van der Waals surface area contributed by atoms with Crippen LogP contribution in [0.25, 0.3) is 11.1 Å². The molecule has 1 heterocycles. The van der Waals surface area contributed by atoms with E-state index < -0.39 is 59.5 Å². The fourth-order valence-corrected chi connectivity index (χ4v) is 5.00. The summed E-state index contributed by atoms with van der Waals surface area (Å²) in [4.78, 5) is 71.3. The molecule has 272 valence electrons. The maximum absolute atomic E-state index is 13.5. The third-order valence-electron chi connectivity index (χ3n) is 7.57. The molecule has 2 amide bonds. The molecule has 12 nitrogen and oxygen atoms in total. The molecule has 15 heteroatoms. The van der Waals surface area contributed by atoms with Crippen LogP contribution in [0.5, 0.6) is 5.88 Å². The Labute approximate surface area is 296 Å². The Bertz CT molecular complexity index is 1910. The number of hydrogen-bond acceptors (Lipinski definition) is 10. The van der Waals surface area contributed by atoms with Crippen LogP contribution in [0.4, 0.5) is 23.7 Å². The van der Waals surface area contributed by atoms with Gasteiger partial charge in [0.05, 0.1) is 36.2 Å². The lowest BCUT2D eigenvalue weighted by Crippen LogP contribution is -2.50. The van der Waals surface area contributed by atoms with Crippen molar-refractivity contribution in [1.82, 2.24) is 9.88 Å². The van der Waals surface area contributed by atoms with Gasteiger partial charge in [-0.3, -0.25) is 19.2 Å². The lowest BCUT2D eigenvalue weighted by Gasteiger charge is -2.28. The molecule has 0 aliphatic carbocycles. The highest BCUT2D eigenvalue weighted by Gasteiger charge is 2.52. The Morgan fingerprint density at radius 2 is 1.35 bits per heavy atom. The van der Waals surface area contributed by atoms with Gasteiger partial charge in [-0.05, 0) is 48.7 Å². The van der Waals surface area contributed by atoms with Crippen LogP contribution < -0.4 is 10.1 Å². The summed E-state index contributed by atoms with van der Waals surface area (Å²) in [5.41, 5.74) is -2.41. The van der Waals surface area contributed by atoms with Crippen molar-refractivity contribution in [2.24, 2.45) is 0 Å². The van der Waals surface area contributed by atoms with Gasteiger partial charge in [0.25, 0.3) is 11.8 Å². The highest BCUT2D eigenvalue weighted by atomic mass is 19.4. The minimum atomic E-state index is -4.54. The second kappa shape index (κ2) is 16.6. The van der Waals surface area contributed by atoms with E-state index in [0.29, 0.717) is 11.1 Å². The number of carbonyl (C=O) groups excluding carboxylic acids is 5. The number of rotatable bonds is 12. The number of ether oxygens (including phenoxy) is 4. The molecule has 52 heavy (non-hydrogen) atoms. The van der Waals surface area contributed by atoms with Crippen molar-refractivity contribution in [2.45, 2.75) is 25.4 Å². The molecule has 0 saturated heterocycles. The first-order valence-electron chi connectivity index (χ1n) is 15.8. The van der Waals surface area contributed by atoms with Gasteiger partial charge in [0, 0.05) is 25.7 Å². The molecule has 0 spiro atoms. The van der Waals surface area contributed by atoms with Crippen LogP contribution in [0.3, 0.4) is 0 Å². The number of carbonyl (C=O) groups is 5. The summed E-state index contributed by atoms with van der Waals surface area (Å²) >= 11 is 0. The van der Waals surface area contributed by atoms with E-state index in [-0.39, 0.29) is 35.6 Å². The minimum Gasteiger partial charge on any atom is -0.465 e. The zero-order valence-corrected chi connectivity index (χ0v) is 28.5. The molecule has 0 aliphatic rings. The van der Waals surface area contributed by atoms with Crippen molar-refractivity contribution < 1.29 is 56.1 Å². The van der Waals surface area contributed by atoms with E-state index >= 15 is 0 Å². The summed E-state index contributed by atoms with van der Waals surface area (Å²) in [7, 11) is 2.88. The lowest BCUT2D eigenvalue weighted by atomic mass is 9.81. The van der Waals surface area contributed by atoms with Crippen LogP contribution in [0.2, 0.25) is 0 Å². The normalized spacial score (nSPS) is 11.2. The SMILES string of the molecule is CCOC(=O)C(COC(=O)Oc1cc(C(=O)N(C)C)c(NC(=O)c2ccccc2-c2ccc(C(F)(F)F)cc2)cn1)(C(=O)OCC)c1ccccc1. The van der Waals surface area contributed by atoms with Gasteiger partial charge >= 0.3 is 24.3 Å². The van der Waals surface area contributed by atoms with E-state index in [1.807, 2.05) is 0 Å². The molecule has 3 aromatic carbocycles. The maximum atomic E-state index is 13.5. The summed E-state index contributed by atoms with van der Waals surface area (Å²) in [6.07, 6.45) is -4.88. The van der Waals surface area contributed by atoms with E-state index in [2.05, 4.69) is 10.3 Å². The number of alkyl halides is 3. The number of benzene rings is 3. The molecule has 0 unspecified atom stereocenters. The first-order valence-corrected chi connectivity index (χ1v) is 15.8. The van der Waals surface area contributed by atoms with Crippen molar-refractivity contribution >= 4 is 35.6 Å². The quantitative estimate of drug-likeness (QED) is 0.100. The predicted molar refractivity (Wildman–Crippen MR) is 180 cm³/mol. The monoisotopic (exact) mass is 721 g/mol.